The SMILES string of the molecule is CC(C)CSCc1csc(N)n1. The zero-order chi connectivity index (χ0) is 8.97. The van der Waals surface area contributed by atoms with Gasteiger partial charge in [-0.2, -0.15) is 11.8 Å². The predicted molar refractivity (Wildman–Crippen MR) is 57.5 cm³/mol. The van der Waals surface area contributed by atoms with Gasteiger partial charge >= 0.3 is 0 Å². The maximum Gasteiger partial charge on any atom is 0.180 e. The van der Waals surface area contributed by atoms with Crippen molar-refractivity contribution in [3.63, 3.8) is 0 Å². The first kappa shape index (κ1) is 9.86. The first-order valence-corrected chi connectivity index (χ1v) is 5.99. The Morgan fingerprint density at radius 3 is 2.92 bits per heavy atom. The van der Waals surface area contributed by atoms with Gasteiger partial charge in [0.15, 0.2) is 5.13 Å². The van der Waals surface area contributed by atoms with Gasteiger partial charge in [0, 0.05) is 11.1 Å². The summed E-state index contributed by atoms with van der Waals surface area (Å²) in [6, 6.07) is 0. The number of nitrogens with zero attached hydrogens (tertiary/aromatic N) is 1. The number of nitrogens with two attached hydrogens (primary N) is 1. The summed E-state index contributed by atoms with van der Waals surface area (Å²) in [5.74, 6) is 2.94. The summed E-state index contributed by atoms with van der Waals surface area (Å²) >= 11 is 3.43. The third-order valence-corrected chi connectivity index (χ3v) is 3.40. The molecule has 0 aliphatic heterocycles. The van der Waals surface area contributed by atoms with E-state index < -0.39 is 0 Å². The molecule has 0 saturated heterocycles. The highest BCUT2D eigenvalue weighted by Crippen LogP contribution is 2.18. The lowest BCUT2D eigenvalue weighted by Gasteiger charge is -2.01. The molecule has 0 aliphatic rings. The van der Waals surface area contributed by atoms with E-state index in [1.165, 1.54) is 17.1 Å². The van der Waals surface area contributed by atoms with E-state index in [1.807, 2.05) is 17.1 Å². The first-order chi connectivity index (χ1) is 5.68. The van der Waals surface area contributed by atoms with Gasteiger partial charge in [-0.05, 0) is 11.7 Å². The lowest BCUT2D eigenvalue weighted by atomic mass is 10.3. The molecule has 1 heterocycles. The van der Waals surface area contributed by atoms with E-state index in [9.17, 15) is 0 Å². The molecule has 2 nitrogen and oxygen atoms in total. The monoisotopic (exact) mass is 202 g/mol. The summed E-state index contributed by atoms with van der Waals surface area (Å²) in [5.41, 5.74) is 6.62. The van der Waals surface area contributed by atoms with Crippen LogP contribution < -0.4 is 5.73 Å². The van der Waals surface area contributed by atoms with Gasteiger partial charge in [0.1, 0.15) is 0 Å². The highest BCUT2D eigenvalue weighted by atomic mass is 32.2. The van der Waals surface area contributed by atoms with Gasteiger partial charge in [0.2, 0.25) is 0 Å². The van der Waals surface area contributed by atoms with Crippen molar-refractivity contribution in [1.82, 2.24) is 4.98 Å². The third kappa shape index (κ3) is 3.45. The molecule has 0 fully saturated rings. The molecule has 0 aromatic carbocycles. The summed E-state index contributed by atoms with van der Waals surface area (Å²) in [5, 5.41) is 2.71. The average molecular weight is 202 g/mol. The standard InChI is InChI=1S/C8H14N2S2/c1-6(2)3-11-4-7-5-12-8(9)10-7/h5-6H,3-4H2,1-2H3,(H2,9,10). The molecule has 0 aliphatic carbocycles. The molecular weight excluding hydrogens is 188 g/mol. The Labute approximate surface area is 81.6 Å². The second kappa shape index (κ2) is 4.72. The molecule has 1 aromatic rings. The Hall–Kier alpha value is -0.220. The number of hydrogen-bond acceptors (Lipinski definition) is 4. The van der Waals surface area contributed by atoms with Crippen LogP contribution in [0.25, 0.3) is 0 Å². The molecule has 68 valence electrons. The maximum absolute atomic E-state index is 5.51. The molecule has 12 heavy (non-hydrogen) atoms. The van der Waals surface area contributed by atoms with Gasteiger partial charge in [-0.15, -0.1) is 11.3 Å². The van der Waals surface area contributed by atoms with E-state index in [4.69, 9.17) is 5.73 Å². The van der Waals surface area contributed by atoms with Crippen molar-refractivity contribution in [3.8, 4) is 0 Å². The molecule has 0 unspecified atom stereocenters. The minimum Gasteiger partial charge on any atom is -0.375 e. The van der Waals surface area contributed by atoms with Crippen molar-refractivity contribution in [2.24, 2.45) is 5.92 Å². The van der Waals surface area contributed by atoms with E-state index in [-0.39, 0.29) is 0 Å². The molecule has 4 heteroatoms. The van der Waals surface area contributed by atoms with Crippen molar-refractivity contribution >= 4 is 28.2 Å². The van der Waals surface area contributed by atoms with E-state index in [2.05, 4.69) is 18.8 Å². The quantitative estimate of drug-likeness (QED) is 0.815. The fraction of sp³-hybridized carbons (Fsp3) is 0.625. The zero-order valence-corrected chi connectivity index (χ0v) is 9.04. The number of thioether (sulfide) groups is 1. The largest absolute Gasteiger partial charge is 0.375 e. The molecule has 0 bridgehead atoms. The lowest BCUT2D eigenvalue weighted by molar-refractivity contribution is 0.750. The summed E-state index contributed by atoms with van der Waals surface area (Å²) in [7, 11) is 0. The highest BCUT2D eigenvalue weighted by Gasteiger charge is 1.99. The van der Waals surface area contributed by atoms with Crippen LogP contribution in [-0.2, 0) is 5.75 Å². The Balaban J connectivity index is 2.24. The molecule has 2 N–H and O–H groups in total. The van der Waals surface area contributed by atoms with Crippen molar-refractivity contribution < 1.29 is 0 Å². The third-order valence-electron chi connectivity index (χ3n) is 1.27. The molecular formula is C8H14N2S2. The van der Waals surface area contributed by atoms with Gasteiger partial charge in [0.05, 0.1) is 5.69 Å². The van der Waals surface area contributed by atoms with Gasteiger partial charge in [-0.3, -0.25) is 0 Å². The molecule has 0 radical (unpaired) electrons. The number of anilines is 1. The second-order valence-corrected chi connectivity index (χ2v) is 5.01. The molecule has 1 aromatic heterocycles. The minimum atomic E-state index is 0.676. The van der Waals surface area contributed by atoms with Crippen LogP contribution in [-0.4, -0.2) is 10.7 Å². The van der Waals surface area contributed by atoms with E-state index in [0.717, 1.165) is 17.4 Å². The number of nitrogen functional groups attached to an aromatic ring is 1. The minimum absolute atomic E-state index is 0.676. The predicted octanol–water partition coefficient (Wildman–Crippen LogP) is 2.61. The number of thiazole rings is 1. The van der Waals surface area contributed by atoms with E-state index in [1.54, 1.807) is 0 Å². The zero-order valence-electron chi connectivity index (χ0n) is 7.41. The maximum atomic E-state index is 5.51. The van der Waals surface area contributed by atoms with Crippen LogP contribution in [0, 0.1) is 5.92 Å². The topological polar surface area (TPSA) is 38.9 Å². The molecule has 0 atom stereocenters. The number of rotatable bonds is 4. The Morgan fingerprint density at radius 2 is 2.42 bits per heavy atom. The highest BCUT2D eigenvalue weighted by molar-refractivity contribution is 7.98. The van der Waals surface area contributed by atoms with Crippen LogP contribution in [0.1, 0.15) is 19.5 Å². The van der Waals surface area contributed by atoms with Crippen LogP contribution in [0.15, 0.2) is 5.38 Å². The molecule has 0 amide bonds. The van der Waals surface area contributed by atoms with Gasteiger partial charge < -0.3 is 5.73 Å². The summed E-state index contributed by atoms with van der Waals surface area (Å²) < 4.78 is 0. The Morgan fingerprint density at radius 1 is 1.67 bits per heavy atom. The van der Waals surface area contributed by atoms with Gasteiger partial charge in [-0.25, -0.2) is 4.98 Å². The summed E-state index contributed by atoms with van der Waals surface area (Å²) in [6.07, 6.45) is 0. The summed E-state index contributed by atoms with van der Waals surface area (Å²) in [6.45, 7) is 4.45. The van der Waals surface area contributed by atoms with Crippen LogP contribution in [0.2, 0.25) is 0 Å². The molecule has 0 spiro atoms. The first-order valence-electron chi connectivity index (χ1n) is 3.96. The van der Waals surface area contributed by atoms with E-state index >= 15 is 0 Å². The number of aromatic nitrogens is 1. The molecule has 1 rings (SSSR count). The average Bonchev–Trinajstić information content (AvgIpc) is 2.35. The fourth-order valence-electron chi connectivity index (χ4n) is 0.788. The van der Waals surface area contributed by atoms with Crippen LogP contribution in [0.4, 0.5) is 5.13 Å². The van der Waals surface area contributed by atoms with Gasteiger partial charge in [-0.1, -0.05) is 13.8 Å². The van der Waals surface area contributed by atoms with Crippen molar-refractivity contribution in [1.29, 1.82) is 0 Å². The Bertz CT molecular complexity index is 233. The lowest BCUT2D eigenvalue weighted by Crippen LogP contribution is -1.92. The van der Waals surface area contributed by atoms with Crippen LogP contribution >= 0.6 is 23.1 Å². The fourth-order valence-corrected chi connectivity index (χ4v) is 2.40. The number of hydrogen-bond donors (Lipinski definition) is 1. The Kier molecular flexibility index (Phi) is 3.88. The second-order valence-electron chi connectivity index (χ2n) is 3.09. The van der Waals surface area contributed by atoms with Crippen molar-refractivity contribution in [3.05, 3.63) is 11.1 Å². The summed E-state index contributed by atoms with van der Waals surface area (Å²) in [4.78, 5) is 4.18. The van der Waals surface area contributed by atoms with Crippen molar-refractivity contribution in [2.45, 2.75) is 19.6 Å². The van der Waals surface area contributed by atoms with Crippen molar-refractivity contribution in [2.75, 3.05) is 11.5 Å². The normalized spacial score (nSPS) is 10.9. The van der Waals surface area contributed by atoms with Crippen LogP contribution in [0.3, 0.4) is 0 Å². The van der Waals surface area contributed by atoms with Gasteiger partial charge in [0.25, 0.3) is 0 Å². The van der Waals surface area contributed by atoms with E-state index in [0.29, 0.717) is 5.13 Å². The van der Waals surface area contributed by atoms with Crippen LogP contribution in [0.5, 0.6) is 0 Å². The smallest absolute Gasteiger partial charge is 0.180 e. The molecule has 0 saturated carbocycles.